The molecule has 0 aromatic heterocycles. The van der Waals surface area contributed by atoms with Gasteiger partial charge in [-0.05, 0) is 0 Å². The molecule has 0 aromatic rings. The molecule has 0 aliphatic carbocycles. The molecule has 0 spiro atoms. The van der Waals surface area contributed by atoms with Crippen LogP contribution in [0.1, 0.15) is 13.3 Å². The molecule has 1 aliphatic rings. The topological polar surface area (TPSA) is 0 Å². The molecule has 54 valence electrons. The Morgan fingerprint density at radius 2 is 2.44 bits per heavy atom. The fourth-order valence-electron chi connectivity index (χ4n) is 0.933. The Balaban J connectivity index is 2.62. The van der Waals surface area contributed by atoms with E-state index in [2.05, 4.69) is 40.5 Å². The molecule has 2 heteroatoms. The van der Waals surface area contributed by atoms with Crippen molar-refractivity contribution in [2.24, 2.45) is 0 Å². The van der Waals surface area contributed by atoms with Crippen LogP contribution in [-0.2, 0) is 0 Å². The van der Waals surface area contributed by atoms with Gasteiger partial charge < -0.3 is 0 Å². The zero-order chi connectivity index (χ0) is 6.85. The number of hydrogen-bond acceptors (Lipinski definition) is 0. The van der Waals surface area contributed by atoms with Gasteiger partial charge in [-0.25, -0.2) is 0 Å². The molecule has 9 heavy (non-hydrogen) atoms. The Morgan fingerprint density at radius 3 is 2.89 bits per heavy atom. The first-order valence-electron chi connectivity index (χ1n) is 3.07. The van der Waals surface area contributed by atoms with Crippen molar-refractivity contribution in [1.29, 1.82) is 0 Å². The normalized spacial score (nSPS) is 32.1. The van der Waals surface area contributed by atoms with E-state index in [1.54, 1.807) is 5.57 Å². The fraction of sp³-hybridized carbons (Fsp3) is 0.714. The van der Waals surface area contributed by atoms with E-state index in [4.69, 9.17) is 0 Å². The molecule has 0 amide bonds. The molecule has 0 aromatic carbocycles. The molecule has 1 aliphatic heterocycles. The van der Waals surface area contributed by atoms with E-state index < -0.39 is 19.8 Å². The van der Waals surface area contributed by atoms with Gasteiger partial charge in [0.15, 0.2) is 0 Å². The van der Waals surface area contributed by atoms with E-state index in [0.717, 1.165) is 1.93 Å². The second-order valence-electron chi connectivity index (χ2n) is 2.37. The second-order valence-corrected chi connectivity index (χ2v) is 12.0. The predicted molar refractivity (Wildman–Crippen MR) is 61.0 cm³/mol. The quantitative estimate of drug-likeness (QED) is 0.358. The van der Waals surface area contributed by atoms with Gasteiger partial charge in [-0.3, -0.25) is 0 Å². The molecule has 1 heterocycles. The second kappa shape index (κ2) is 3.55. The molecule has 0 fully saturated rings. The van der Waals surface area contributed by atoms with E-state index in [9.17, 15) is 0 Å². The third-order valence-corrected chi connectivity index (χ3v) is 13.1. The van der Waals surface area contributed by atoms with Gasteiger partial charge in [0.2, 0.25) is 0 Å². The summed E-state index contributed by atoms with van der Waals surface area (Å²) in [6.07, 6.45) is 3.78. The molecule has 0 N–H and O–H groups in total. The van der Waals surface area contributed by atoms with Gasteiger partial charge in [-0.15, -0.1) is 0 Å². The van der Waals surface area contributed by atoms with Crippen molar-refractivity contribution in [1.82, 2.24) is 0 Å². The van der Waals surface area contributed by atoms with E-state index in [1.807, 2.05) is 0 Å². The van der Waals surface area contributed by atoms with Gasteiger partial charge >= 0.3 is 78.7 Å². The Morgan fingerprint density at radius 1 is 1.78 bits per heavy atom. The monoisotopic (exact) mass is 350 g/mol. The molecular formula is C7H12I2. The zero-order valence-electron chi connectivity index (χ0n) is 5.82. The van der Waals surface area contributed by atoms with Crippen molar-refractivity contribution in [2.75, 3.05) is 9.36 Å². The number of hydrogen-bond donors (Lipinski definition) is 0. The average Bonchev–Trinajstić information content (AvgIpc) is 1.83. The standard InChI is InChI=1S/C7H12I2/c1-6-4-3-5-9(2)7(6)8/h4,7H,3,5H2,1-2H3. The predicted octanol–water partition coefficient (Wildman–Crippen LogP) is 3.23. The van der Waals surface area contributed by atoms with Crippen LogP contribution in [0.3, 0.4) is 0 Å². The molecule has 0 radical (unpaired) electrons. The zero-order valence-corrected chi connectivity index (χ0v) is 10.1. The van der Waals surface area contributed by atoms with Crippen molar-refractivity contribution >= 4 is 42.4 Å². The van der Waals surface area contributed by atoms with Gasteiger partial charge in [0.05, 0.1) is 0 Å². The SMILES string of the molecule is CC1=CCCI(C)C1I. The van der Waals surface area contributed by atoms with Crippen LogP contribution in [0.5, 0.6) is 0 Å². The van der Waals surface area contributed by atoms with Crippen LogP contribution in [0.15, 0.2) is 11.6 Å². The third-order valence-electron chi connectivity index (χ3n) is 1.54. The summed E-state index contributed by atoms with van der Waals surface area (Å²) < 4.78 is 2.50. The third kappa shape index (κ3) is 2.06. The van der Waals surface area contributed by atoms with E-state index in [1.165, 1.54) is 10.8 Å². The van der Waals surface area contributed by atoms with Crippen LogP contribution in [0.25, 0.3) is 0 Å². The summed E-state index contributed by atoms with van der Waals surface area (Å²) in [5.41, 5.74) is 1.65. The molecule has 0 saturated heterocycles. The summed E-state index contributed by atoms with van der Waals surface area (Å²) in [7, 11) is 0. The summed E-state index contributed by atoms with van der Waals surface area (Å²) in [5, 5.41) is 0. The van der Waals surface area contributed by atoms with Crippen LogP contribution in [-0.4, -0.2) is 11.3 Å². The molecule has 0 bridgehead atoms. The number of alkyl halides is 4. The maximum atomic E-state index is 2.61. The maximum absolute atomic E-state index is 2.61. The van der Waals surface area contributed by atoms with Crippen molar-refractivity contribution in [3.05, 3.63) is 11.6 Å². The van der Waals surface area contributed by atoms with Crippen LogP contribution >= 0.6 is 42.4 Å². The summed E-state index contributed by atoms with van der Waals surface area (Å²) in [4.78, 5) is 2.50. The van der Waals surface area contributed by atoms with Crippen molar-refractivity contribution in [3.8, 4) is 0 Å². The van der Waals surface area contributed by atoms with Crippen LogP contribution in [0.2, 0.25) is 0 Å². The first kappa shape index (κ1) is 8.30. The van der Waals surface area contributed by atoms with Crippen LogP contribution in [0.4, 0.5) is 0 Å². The Kier molecular flexibility index (Phi) is 3.27. The van der Waals surface area contributed by atoms with Gasteiger partial charge in [0.1, 0.15) is 0 Å². The fourth-order valence-corrected chi connectivity index (χ4v) is 6.54. The minimum atomic E-state index is -0.485. The number of allylic oxidation sites excluding steroid dienone is 2. The summed E-state index contributed by atoms with van der Waals surface area (Å²) >= 11 is 2.12. The van der Waals surface area contributed by atoms with Gasteiger partial charge in [-0.2, -0.15) is 0 Å². The van der Waals surface area contributed by atoms with Crippen molar-refractivity contribution in [3.63, 3.8) is 0 Å². The Hall–Kier alpha value is 1.20. The number of halogens is 2. The van der Waals surface area contributed by atoms with Crippen LogP contribution in [0, 0.1) is 0 Å². The summed E-state index contributed by atoms with van der Waals surface area (Å²) in [5.74, 6) is 0. The first-order chi connectivity index (χ1) is 4.22. The average molecular weight is 350 g/mol. The van der Waals surface area contributed by atoms with E-state index >= 15 is 0 Å². The molecule has 1 rings (SSSR count). The Bertz CT molecular complexity index is 129. The van der Waals surface area contributed by atoms with Crippen LogP contribution < -0.4 is 0 Å². The van der Waals surface area contributed by atoms with Gasteiger partial charge in [-0.1, -0.05) is 0 Å². The minimum absolute atomic E-state index is 0.485. The first-order valence-corrected chi connectivity index (χ1v) is 9.24. The molecule has 1 unspecified atom stereocenters. The molecule has 0 nitrogen and oxygen atoms in total. The van der Waals surface area contributed by atoms with Gasteiger partial charge in [0, 0.05) is 0 Å². The number of rotatable bonds is 0. The Labute approximate surface area is 78.0 Å². The van der Waals surface area contributed by atoms with Crippen molar-refractivity contribution in [2.45, 2.75) is 15.3 Å². The summed E-state index contributed by atoms with van der Waals surface area (Å²) in [6, 6.07) is 0. The molecule has 0 saturated carbocycles. The van der Waals surface area contributed by atoms with Gasteiger partial charge in [0.25, 0.3) is 0 Å². The van der Waals surface area contributed by atoms with E-state index in [-0.39, 0.29) is 0 Å². The molecular weight excluding hydrogens is 338 g/mol. The molecule has 1 atom stereocenters. The van der Waals surface area contributed by atoms with E-state index in [0.29, 0.717) is 0 Å². The van der Waals surface area contributed by atoms with Crippen molar-refractivity contribution < 1.29 is 0 Å². The summed E-state index contributed by atoms with van der Waals surface area (Å²) in [6.45, 7) is 2.28.